The monoisotopic (exact) mass is 549 g/mol. The van der Waals surface area contributed by atoms with Crippen molar-refractivity contribution in [3.8, 4) is 22.3 Å². The summed E-state index contributed by atoms with van der Waals surface area (Å²) in [5.74, 6) is 1.73. The molecule has 218 valence electrons. The van der Waals surface area contributed by atoms with E-state index in [-0.39, 0.29) is 5.91 Å². The largest absolute Gasteiger partial charge is 0.342 e. The Morgan fingerprint density at radius 2 is 1.49 bits per heavy atom. The van der Waals surface area contributed by atoms with Crippen LogP contribution >= 0.6 is 0 Å². The highest BCUT2D eigenvalue weighted by Gasteiger charge is 2.22. The quantitative estimate of drug-likeness (QED) is 0.153. The maximum atomic E-state index is 12.0. The second-order valence-corrected chi connectivity index (χ2v) is 12.4. The Kier molecular flexibility index (Phi) is 11.4. The van der Waals surface area contributed by atoms with Crippen LogP contribution in [0, 0.1) is 5.92 Å². The standard InChI is InChI=1S/C39H51NO/c1-6-8-9-11-30-13-17-33(18-14-30)34-21-23-35(24-22-34)37-25-26-38(32(7-2)28-37)36-19-15-31(16-20-36)12-10-27-40(5)39(41)29(3)4/h15-16,19-26,28,30,33H,3,6-14,17-18,27H2,1-2,4-5H3. The highest BCUT2D eigenvalue weighted by atomic mass is 16.2. The summed E-state index contributed by atoms with van der Waals surface area (Å²) in [5, 5.41) is 0. The molecule has 41 heavy (non-hydrogen) atoms. The second-order valence-electron chi connectivity index (χ2n) is 12.4. The lowest BCUT2D eigenvalue weighted by atomic mass is 9.77. The van der Waals surface area contributed by atoms with Gasteiger partial charge in [0.25, 0.3) is 0 Å². The fourth-order valence-electron chi connectivity index (χ4n) is 6.56. The van der Waals surface area contributed by atoms with Gasteiger partial charge in [-0.25, -0.2) is 0 Å². The molecule has 1 aliphatic rings. The average Bonchev–Trinajstić information content (AvgIpc) is 3.01. The van der Waals surface area contributed by atoms with Gasteiger partial charge in [-0.05, 0) is 103 Å². The lowest BCUT2D eigenvalue weighted by Crippen LogP contribution is -2.28. The summed E-state index contributed by atoms with van der Waals surface area (Å²) in [6.45, 7) is 10.8. The van der Waals surface area contributed by atoms with Gasteiger partial charge in [0.2, 0.25) is 5.91 Å². The first-order valence-electron chi connectivity index (χ1n) is 16.1. The molecule has 0 saturated heterocycles. The van der Waals surface area contributed by atoms with Crippen LogP contribution in [-0.2, 0) is 17.6 Å². The molecule has 2 nitrogen and oxygen atoms in total. The zero-order valence-corrected chi connectivity index (χ0v) is 26.1. The SMILES string of the molecule is C=C(C)C(=O)N(C)CCCc1ccc(-c2ccc(-c3ccc(C4CCC(CCCCC)CC4)cc3)cc2CC)cc1. The van der Waals surface area contributed by atoms with Crippen molar-refractivity contribution in [2.45, 2.75) is 97.3 Å². The summed E-state index contributed by atoms with van der Waals surface area (Å²) in [4.78, 5) is 13.8. The highest BCUT2D eigenvalue weighted by Crippen LogP contribution is 2.38. The second kappa shape index (κ2) is 15.2. The van der Waals surface area contributed by atoms with Gasteiger partial charge in [-0.15, -0.1) is 0 Å². The van der Waals surface area contributed by atoms with E-state index >= 15 is 0 Å². The maximum Gasteiger partial charge on any atom is 0.248 e. The number of likely N-dealkylation sites (N-methyl/N-ethyl adjacent to an activating group) is 1. The van der Waals surface area contributed by atoms with Gasteiger partial charge in [-0.2, -0.15) is 0 Å². The van der Waals surface area contributed by atoms with Crippen LogP contribution in [0.25, 0.3) is 22.3 Å². The number of benzene rings is 3. The molecular weight excluding hydrogens is 498 g/mol. The molecule has 3 aromatic rings. The fourth-order valence-corrected chi connectivity index (χ4v) is 6.56. The third-order valence-electron chi connectivity index (χ3n) is 9.20. The number of unbranched alkanes of at least 4 members (excludes halogenated alkanes) is 2. The zero-order valence-electron chi connectivity index (χ0n) is 26.1. The van der Waals surface area contributed by atoms with Gasteiger partial charge in [0, 0.05) is 19.2 Å². The van der Waals surface area contributed by atoms with Crippen LogP contribution in [0.1, 0.15) is 101 Å². The Balaban J connectivity index is 1.35. The van der Waals surface area contributed by atoms with Gasteiger partial charge in [0.1, 0.15) is 0 Å². The number of hydrogen-bond donors (Lipinski definition) is 0. The first-order chi connectivity index (χ1) is 19.9. The number of carbonyl (C=O) groups excluding carboxylic acids is 1. The summed E-state index contributed by atoms with van der Waals surface area (Å²) in [6.07, 6.45) is 14.0. The minimum atomic E-state index is 0.0299. The van der Waals surface area contributed by atoms with Crippen LogP contribution in [0.2, 0.25) is 0 Å². The van der Waals surface area contributed by atoms with Crippen LogP contribution in [0.4, 0.5) is 0 Å². The smallest absolute Gasteiger partial charge is 0.248 e. The molecule has 1 saturated carbocycles. The molecule has 0 aliphatic heterocycles. The van der Waals surface area contributed by atoms with Crippen LogP contribution in [0.5, 0.6) is 0 Å². The van der Waals surface area contributed by atoms with Gasteiger partial charge in [-0.1, -0.05) is 113 Å². The average molecular weight is 550 g/mol. The molecule has 0 aromatic heterocycles. The van der Waals surface area contributed by atoms with E-state index in [0.29, 0.717) is 5.57 Å². The van der Waals surface area contributed by atoms with E-state index in [9.17, 15) is 4.79 Å². The summed E-state index contributed by atoms with van der Waals surface area (Å²) in [6, 6.07) is 25.4. The Bertz CT molecular complexity index is 1260. The van der Waals surface area contributed by atoms with Gasteiger partial charge < -0.3 is 4.90 Å². The number of rotatable bonds is 13. The molecule has 1 fully saturated rings. The number of hydrogen-bond acceptors (Lipinski definition) is 1. The number of aryl methyl sites for hydroxylation is 2. The molecule has 1 aliphatic carbocycles. The number of carbonyl (C=O) groups is 1. The van der Waals surface area contributed by atoms with Crippen LogP contribution in [-0.4, -0.2) is 24.4 Å². The lowest BCUT2D eigenvalue weighted by molar-refractivity contribution is -0.125. The molecule has 0 N–H and O–H groups in total. The van der Waals surface area contributed by atoms with E-state index < -0.39 is 0 Å². The predicted molar refractivity (Wildman–Crippen MR) is 176 cm³/mol. The molecule has 4 rings (SSSR count). The van der Waals surface area contributed by atoms with E-state index in [0.717, 1.165) is 37.6 Å². The van der Waals surface area contributed by atoms with Crippen molar-refractivity contribution in [2.24, 2.45) is 5.92 Å². The first kappa shape index (κ1) is 30.8. The van der Waals surface area contributed by atoms with E-state index in [1.165, 1.54) is 90.3 Å². The zero-order chi connectivity index (χ0) is 29.2. The van der Waals surface area contributed by atoms with Crippen LogP contribution < -0.4 is 0 Å². The maximum absolute atomic E-state index is 12.0. The molecule has 0 heterocycles. The van der Waals surface area contributed by atoms with Crippen molar-refractivity contribution >= 4 is 5.91 Å². The first-order valence-corrected chi connectivity index (χ1v) is 16.1. The van der Waals surface area contributed by atoms with Gasteiger partial charge in [0.05, 0.1) is 0 Å². The van der Waals surface area contributed by atoms with E-state index in [2.05, 4.69) is 87.2 Å². The van der Waals surface area contributed by atoms with Crippen molar-refractivity contribution < 1.29 is 4.79 Å². The van der Waals surface area contributed by atoms with Crippen molar-refractivity contribution in [2.75, 3.05) is 13.6 Å². The molecule has 2 heteroatoms. The fraction of sp³-hybridized carbons (Fsp3) is 0.462. The predicted octanol–water partition coefficient (Wildman–Crippen LogP) is 10.4. The van der Waals surface area contributed by atoms with Gasteiger partial charge >= 0.3 is 0 Å². The van der Waals surface area contributed by atoms with Crippen molar-refractivity contribution in [1.29, 1.82) is 0 Å². The lowest BCUT2D eigenvalue weighted by Gasteiger charge is -2.29. The molecule has 0 spiro atoms. The third kappa shape index (κ3) is 8.44. The van der Waals surface area contributed by atoms with Crippen molar-refractivity contribution in [3.63, 3.8) is 0 Å². The van der Waals surface area contributed by atoms with Crippen LogP contribution in [0.3, 0.4) is 0 Å². The number of nitrogens with zero attached hydrogens (tertiary/aromatic N) is 1. The Morgan fingerprint density at radius 1 is 0.829 bits per heavy atom. The summed E-state index contributed by atoms with van der Waals surface area (Å²) in [5.41, 5.74) is 10.0. The van der Waals surface area contributed by atoms with Gasteiger partial charge in [-0.3, -0.25) is 4.79 Å². The minimum absolute atomic E-state index is 0.0299. The summed E-state index contributed by atoms with van der Waals surface area (Å²) in [7, 11) is 1.85. The third-order valence-corrected chi connectivity index (χ3v) is 9.20. The molecule has 3 aromatic carbocycles. The van der Waals surface area contributed by atoms with Crippen LogP contribution in [0.15, 0.2) is 78.9 Å². The topological polar surface area (TPSA) is 20.3 Å². The van der Waals surface area contributed by atoms with E-state index in [1.807, 2.05) is 7.05 Å². The summed E-state index contributed by atoms with van der Waals surface area (Å²) < 4.78 is 0. The molecule has 1 amide bonds. The van der Waals surface area contributed by atoms with Crippen molar-refractivity contribution in [1.82, 2.24) is 4.90 Å². The number of amides is 1. The molecular formula is C39H51NO. The minimum Gasteiger partial charge on any atom is -0.342 e. The summed E-state index contributed by atoms with van der Waals surface area (Å²) >= 11 is 0. The van der Waals surface area contributed by atoms with E-state index in [1.54, 1.807) is 11.8 Å². The molecule has 0 atom stereocenters. The molecule has 0 radical (unpaired) electrons. The normalized spacial score (nSPS) is 16.9. The van der Waals surface area contributed by atoms with Gasteiger partial charge in [0.15, 0.2) is 0 Å². The highest BCUT2D eigenvalue weighted by molar-refractivity contribution is 5.91. The van der Waals surface area contributed by atoms with E-state index in [4.69, 9.17) is 0 Å². The van der Waals surface area contributed by atoms with Crippen molar-refractivity contribution in [3.05, 3.63) is 95.6 Å². The Labute approximate surface area is 249 Å². The Hall–Kier alpha value is -3.13. The Morgan fingerprint density at radius 3 is 2.12 bits per heavy atom. The molecule has 0 bridgehead atoms. The molecule has 0 unspecified atom stereocenters.